The number of nitrogens with zero attached hydrogens (tertiary/aromatic N) is 2. The van der Waals surface area contributed by atoms with Crippen LogP contribution >= 0.6 is 0 Å². The first kappa shape index (κ1) is 16.1. The zero-order chi connectivity index (χ0) is 16.0. The van der Waals surface area contributed by atoms with Gasteiger partial charge < -0.3 is 10.0 Å². The normalized spacial score (nSPS) is 13.5. The van der Waals surface area contributed by atoms with Gasteiger partial charge in [0.1, 0.15) is 5.75 Å². The van der Waals surface area contributed by atoms with E-state index in [4.69, 9.17) is 0 Å². The molecule has 114 valence electrons. The number of phenols is 1. The maximum atomic E-state index is 10.1. The minimum absolute atomic E-state index is 0.253. The van der Waals surface area contributed by atoms with Gasteiger partial charge in [-0.15, -0.1) is 0 Å². The number of hydrogen-bond donors (Lipinski definition) is 1. The summed E-state index contributed by atoms with van der Waals surface area (Å²) in [4.78, 5) is 2.08. The molecule has 0 aliphatic rings. The Kier molecular flexibility index (Phi) is 5.19. The Balaban J connectivity index is 2.41. The Hall–Kier alpha value is -2.31. The number of aromatic hydroxyl groups is 1. The molecule has 0 radical (unpaired) electrons. The fourth-order valence-corrected chi connectivity index (χ4v) is 2.65. The Bertz CT molecular complexity index is 646. The molecule has 2 aromatic carbocycles. The lowest BCUT2D eigenvalue weighted by Crippen LogP contribution is -2.31. The van der Waals surface area contributed by atoms with E-state index in [1.165, 1.54) is 0 Å². The van der Waals surface area contributed by atoms with Crippen LogP contribution in [0.1, 0.15) is 17.5 Å². The van der Waals surface area contributed by atoms with Gasteiger partial charge in [0.05, 0.1) is 11.5 Å². The second-order valence-corrected chi connectivity index (χ2v) is 5.92. The molecule has 0 heterocycles. The van der Waals surface area contributed by atoms with Crippen molar-refractivity contribution in [1.29, 1.82) is 5.26 Å². The first-order chi connectivity index (χ1) is 10.6. The van der Waals surface area contributed by atoms with Crippen LogP contribution in [0.3, 0.4) is 0 Å². The molecule has 0 amide bonds. The van der Waals surface area contributed by atoms with Crippen molar-refractivity contribution >= 4 is 0 Å². The maximum absolute atomic E-state index is 10.1. The van der Waals surface area contributed by atoms with E-state index in [2.05, 4.69) is 11.0 Å². The van der Waals surface area contributed by atoms with E-state index < -0.39 is 5.41 Å². The van der Waals surface area contributed by atoms with Crippen molar-refractivity contribution in [3.8, 4) is 11.8 Å². The van der Waals surface area contributed by atoms with Gasteiger partial charge in [0.2, 0.25) is 0 Å². The van der Waals surface area contributed by atoms with Gasteiger partial charge in [-0.1, -0.05) is 48.5 Å². The Morgan fingerprint density at radius 2 is 1.68 bits per heavy atom. The van der Waals surface area contributed by atoms with Crippen molar-refractivity contribution in [2.24, 2.45) is 0 Å². The lowest BCUT2D eigenvalue weighted by molar-refractivity contribution is 0.348. The highest BCUT2D eigenvalue weighted by Crippen LogP contribution is 2.34. The quantitative estimate of drug-likeness (QED) is 0.888. The molecule has 22 heavy (non-hydrogen) atoms. The summed E-state index contributed by atoms with van der Waals surface area (Å²) < 4.78 is 0. The van der Waals surface area contributed by atoms with Crippen molar-refractivity contribution in [2.75, 3.05) is 20.6 Å². The number of rotatable bonds is 6. The van der Waals surface area contributed by atoms with E-state index in [-0.39, 0.29) is 5.75 Å². The molecule has 3 nitrogen and oxygen atoms in total. The molecule has 2 aromatic rings. The highest BCUT2D eigenvalue weighted by Gasteiger charge is 2.33. The molecule has 0 aromatic heterocycles. The SMILES string of the molecule is CN(C)CCC(C#N)(Cc1ccccc1O)c1ccccc1. The molecule has 0 bridgehead atoms. The highest BCUT2D eigenvalue weighted by atomic mass is 16.3. The lowest BCUT2D eigenvalue weighted by atomic mass is 9.74. The van der Waals surface area contributed by atoms with E-state index in [0.717, 1.165) is 24.1 Å². The lowest BCUT2D eigenvalue weighted by Gasteiger charge is -2.29. The standard InChI is InChI=1S/C19H22N2O/c1-21(2)13-12-19(15-20,17-9-4-3-5-10-17)14-16-8-6-7-11-18(16)22/h3-11,22H,12-14H2,1-2H3. The Morgan fingerprint density at radius 3 is 2.27 bits per heavy atom. The van der Waals surface area contributed by atoms with Crippen LogP contribution in [0.15, 0.2) is 54.6 Å². The molecule has 0 aliphatic carbocycles. The summed E-state index contributed by atoms with van der Waals surface area (Å²) in [7, 11) is 4.01. The first-order valence-electron chi connectivity index (χ1n) is 7.46. The third kappa shape index (κ3) is 3.66. The van der Waals surface area contributed by atoms with Gasteiger partial charge in [0, 0.05) is 0 Å². The van der Waals surface area contributed by atoms with Gasteiger partial charge in [-0.3, -0.25) is 0 Å². The van der Waals surface area contributed by atoms with Crippen LogP contribution in [0, 0.1) is 11.3 Å². The van der Waals surface area contributed by atoms with Gasteiger partial charge in [-0.25, -0.2) is 0 Å². The van der Waals surface area contributed by atoms with E-state index in [1.807, 2.05) is 56.6 Å². The summed E-state index contributed by atoms with van der Waals surface area (Å²) in [5.74, 6) is 0.253. The summed E-state index contributed by atoms with van der Waals surface area (Å²) in [6, 6.07) is 19.7. The summed E-state index contributed by atoms with van der Waals surface area (Å²) in [5.41, 5.74) is 1.18. The third-order valence-corrected chi connectivity index (χ3v) is 4.01. The monoisotopic (exact) mass is 294 g/mol. The summed E-state index contributed by atoms with van der Waals surface area (Å²) in [6.45, 7) is 0.816. The Labute approximate surface area is 132 Å². The van der Waals surface area contributed by atoms with E-state index in [1.54, 1.807) is 12.1 Å². The number of hydrogen-bond acceptors (Lipinski definition) is 3. The second kappa shape index (κ2) is 7.11. The minimum Gasteiger partial charge on any atom is -0.508 e. The van der Waals surface area contributed by atoms with Crippen molar-refractivity contribution in [3.63, 3.8) is 0 Å². The fourth-order valence-electron chi connectivity index (χ4n) is 2.65. The van der Waals surface area contributed by atoms with Crippen molar-refractivity contribution in [3.05, 3.63) is 65.7 Å². The van der Waals surface area contributed by atoms with Crippen LogP contribution in [0.25, 0.3) is 0 Å². The van der Waals surface area contributed by atoms with Crippen molar-refractivity contribution < 1.29 is 5.11 Å². The van der Waals surface area contributed by atoms with E-state index in [9.17, 15) is 10.4 Å². The third-order valence-electron chi connectivity index (χ3n) is 4.01. The molecular formula is C19H22N2O. The molecular weight excluding hydrogens is 272 g/mol. The van der Waals surface area contributed by atoms with Gasteiger partial charge >= 0.3 is 0 Å². The fraction of sp³-hybridized carbons (Fsp3) is 0.316. The zero-order valence-corrected chi connectivity index (χ0v) is 13.2. The predicted octanol–water partition coefficient (Wildman–Crippen LogP) is 3.35. The summed E-state index contributed by atoms with van der Waals surface area (Å²) >= 11 is 0. The number of benzene rings is 2. The van der Waals surface area contributed by atoms with Gasteiger partial charge in [-0.05, 0) is 50.7 Å². The number of phenolic OH excluding ortho intramolecular Hbond substituents is 1. The van der Waals surface area contributed by atoms with E-state index >= 15 is 0 Å². The molecule has 3 heteroatoms. The predicted molar refractivity (Wildman–Crippen MR) is 88.7 cm³/mol. The van der Waals surface area contributed by atoms with Crippen molar-refractivity contribution in [1.82, 2.24) is 4.90 Å². The minimum atomic E-state index is -0.635. The van der Waals surface area contributed by atoms with Crippen LogP contribution in [0.5, 0.6) is 5.75 Å². The van der Waals surface area contributed by atoms with Crippen LogP contribution < -0.4 is 0 Å². The molecule has 0 saturated carbocycles. The smallest absolute Gasteiger partial charge is 0.118 e. The first-order valence-corrected chi connectivity index (χ1v) is 7.46. The molecule has 0 spiro atoms. The van der Waals surface area contributed by atoms with Crippen molar-refractivity contribution in [2.45, 2.75) is 18.3 Å². The zero-order valence-electron chi connectivity index (χ0n) is 13.2. The largest absolute Gasteiger partial charge is 0.508 e. The van der Waals surface area contributed by atoms with Gasteiger partial charge in [-0.2, -0.15) is 5.26 Å². The van der Waals surface area contributed by atoms with Gasteiger partial charge in [0.15, 0.2) is 0 Å². The second-order valence-electron chi connectivity index (χ2n) is 5.92. The van der Waals surface area contributed by atoms with Crippen LogP contribution in [-0.2, 0) is 11.8 Å². The van der Waals surface area contributed by atoms with Crippen LogP contribution in [0.2, 0.25) is 0 Å². The summed E-state index contributed by atoms with van der Waals surface area (Å²) in [5, 5.41) is 20.0. The molecule has 1 N–H and O–H groups in total. The van der Waals surface area contributed by atoms with Gasteiger partial charge in [0.25, 0.3) is 0 Å². The molecule has 0 saturated heterocycles. The van der Waals surface area contributed by atoms with Crippen LogP contribution in [0.4, 0.5) is 0 Å². The number of nitriles is 1. The molecule has 0 aliphatic heterocycles. The molecule has 1 atom stereocenters. The Morgan fingerprint density at radius 1 is 1.05 bits per heavy atom. The average molecular weight is 294 g/mol. The maximum Gasteiger partial charge on any atom is 0.118 e. The topological polar surface area (TPSA) is 47.3 Å². The number of para-hydroxylation sites is 1. The van der Waals surface area contributed by atoms with E-state index in [0.29, 0.717) is 6.42 Å². The molecule has 1 unspecified atom stereocenters. The average Bonchev–Trinajstić information content (AvgIpc) is 2.54. The highest BCUT2D eigenvalue weighted by molar-refractivity contribution is 5.40. The molecule has 0 fully saturated rings. The van der Waals surface area contributed by atoms with Crippen LogP contribution in [-0.4, -0.2) is 30.6 Å². The summed E-state index contributed by atoms with van der Waals surface area (Å²) in [6.07, 6.45) is 1.23. The molecule has 2 rings (SSSR count).